The molecule has 22 heavy (non-hydrogen) atoms. The molecular weight excluding hydrogens is 280 g/mol. The molecule has 0 aromatic rings. The van der Waals surface area contributed by atoms with E-state index in [1.54, 1.807) is 0 Å². The second-order valence-corrected chi connectivity index (χ2v) is 6.62. The van der Waals surface area contributed by atoms with E-state index in [1.165, 1.54) is 5.57 Å². The summed E-state index contributed by atoms with van der Waals surface area (Å²) in [6.45, 7) is 5.17. The minimum absolute atomic E-state index is 0.0984. The molecule has 0 N–H and O–H groups in total. The van der Waals surface area contributed by atoms with Crippen molar-refractivity contribution in [1.82, 2.24) is 0 Å². The lowest BCUT2D eigenvalue weighted by Crippen LogP contribution is -2.15. The Morgan fingerprint density at radius 2 is 1.64 bits per heavy atom. The highest BCUT2D eigenvalue weighted by Crippen LogP contribution is 2.40. The number of rotatable bonds is 3. The highest BCUT2D eigenvalue weighted by Gasteiger charge is 2.37. The maximum atomic E-state index is 12.2. The van der Waals surface area contributed by atoms with Gasteiger partial charge in [0, 0.05) is 11.1 Å². The van der Waals surface area contributed by atoms with Crippen molar-refractivity contribution in [2.45, 2.75) is 52.4 Å². The molecule has 3 rings (SSSR count). The van der Waals surface area contributed by atoms with Crippen molar-refractivity contribution in [2.75, 3.05) is 13.2 Å². The average Bonchev–Trinajstić information content (AvgIpc) is 3.03. The lowest BCUT2D eigenvalue weighted by atomic mass is 9.85. The van der Waals surface area contributed by atoms with Crippen LogP contribution in [0.2, 0.25) is 0 Å². The van der Waals surface area contributed by atoms with Crippen LogP contribution < -0.4 is 0 Å². The van der Waals surface area contributed by atoms with Crippen LogP contribution in [0.5, 0.6) is 0 Å². The smallest absolute Gasteiger partial charge is 0.334 e. The maximum absolute atomic E-state index is 12.2. The van der Waals surface area contributed by atoms with E-state index >= 15 is 0 Å². The molecule has 0 radical (unpaired) electrons. The molecular formula is C18H24O4. The second kappa shape index (κ2) is 6.27. The third kappa shape index (κ3) is 2.71. The summed E-state index contributed by atoms with van der Waals surface area (Å²) in [6, 6.07) is 0. The molecule has 0 fully saturated rings. The molecule has 0 unspecified atom stereocenters. The Morgan fingerprint density at radius 3 is 2.36 bits per heavy atom. The summed E-state index contributed by atoms with van der Waals surface area (Å²) in [6.07, 6.45) is 5.38. The standard InChI is InChI=1S/C18H24O4/c1-3-5-12-8-15-13(9-21-17(15)19)6-11(4-2)7-14-10-22-18(20)16(12)14/h11-12H,3-10H2,1-2H3/t11-,12+/m0/s1. The third-order valence-corrected chi connectivity index (χ3v) is 5.17. The fourth-order valence-corrected chi connectivity index (χ4v) is 3.96. The molecule has 120 valence electrons. The van der Waals surface area contributed by atoms with E-state index in [0.29, 0.717) is 25.6 Å². The second-order valence-electron chi connectivity index (χ2n) is 6.62. The maximum Gasteiger partial charge on any atom is 0.334 e. The van der Waals surface area contributed by atoms with Crippen LogP contribution in [0, 0.1) is 11.8 Å². The summed E-state index contributed by atoms with van der Waals surface area (Å²) in [4.78, 5) is 24.3. The van der Waals surface area contributed by atoms with E-state index < -0.39 is 0 Å². The quantitative estimate of drug-likeness (QED) is 0.751. The predicted octanol–water partition coefficient (Wildman–Crippen LogP) is 3.32. The van der Waals surface area contributed by atoms with E-state index in [9.17, 15) is 9.59 Å². The predicted molar refractivity (Wildman–Crippen MR) is 82.0 cm³/mol. The van der Waals surface area contributed by atoms with Crippen molar-refractivity contribution >= 4 is 11.9 Å². The monoisotopic (exact) mass is 304 g/mol. The number of esters is 2. The molecule has 2 aliphatic heterocycles. The summed E-state index contributed by atoms with van der Waals surface area (Å²) in [5.41, 5.74) is 4.01. The number of hydrogen-bond acceptors (Lipinski definition) is 4. The van der Waals surface area contributed by atoms with Crippen LogP contribution in [0.4, 0.5) is 0 Å². The lowest BCUT2D eigenvalue weighted by Gasteiger charge is -2.17. The molecule has 3 aliphatic rings. The van der Waals surface area contributed by atoms with Crippen molar-refractivity contribution < 1.29 is 19.1 Å². The van der Waals surface area contributed by atoms with Crippen LogP contribution in [0.3, 0.4) is 0 Å². The van der Waals surface area contributed by atoms with Gasteiger partial charge in [-0.2, -0.15) is 0 Å². The van der Waals surface area contributed by atoms with Crippen LogP contribution in [0.25, 0.3) is 0 Å². The number of hydrogen-bond donors (Lipinski definition) is 0. The first kappa shape index (κ1) is 15.3. The number of ether oxygens (including phenoxy) is 2. The molecule has 1 aliphatic carbocycles. The summed E-state index contributed by atoms with van der Waals surface area (Å²) in [5, 5.41) is 0. The molecule has 2 atom stereocenters. The highest BCUT2D eigenvalue weighted by atomic mass is 16.5. The van der Waals surface area contributed by atoms with Gasteiger partial charge in [-0.05, 0) is 48.7 Å². The van der Waals surface area contributed by atoms with Gasteiger partial charge in [0.25, 0.3) is 0 Å². The van der Waals surface area contributed by atoms with Gasteiger partial charge in [-0.1, -0.05) is 26.7 Å². The Hall–Kier alpha value is -1.58. The zero-order chi connectivity index (χ0) is 15.7. The topological polar surface area (TPSA) is 52.6 Å². The van der Waals surface area contributed by atoms with Crippen molar-refractivity contribution in [2.24, 2.45) is 11.8 Å². The molecule has 4 heteroatoms. The minimum Gasteiger partial charge on any atom is -0.458 e. The Labute approximate surface area is 131 Å². The van der Waals surface area contributed by atoms with Gasteiger partial charge >= 0.3 is 11.9 Å². The summed E-state index contributed by atoms with van der Waals surface area (Å²) >= 11 is 0. The van der Waals surface area contributed by atoms with Crippen molar-refractivity contribution in [1.29, 1.82) is 0 Å². The first-order valence-corrected chi connectivity index (χ1v) is 8.41. The van der Waals surface area contributed by atoms with Crippen LogP contribution in [-0.2, 0) is 19.1 Å². The fraction of sp³-hybridized carbons (Fsp3) is 0.667. The SMILES string of the molecule is CCC[C@@H]1CC2=C(COC2=O)C[C@H](CC)CC2=C1C(=O)OC2. The van der Waals surface area contributed by atoms with Crippen LogP contribution in [0.1, 0.15) is 52.4 Å². The number of carbonyl (C=O) groups excluding carboxylic acids is 2. The molecule has 0 amide bonds. The summed E-state index contributed by atoms with van der Waals surface area (Å²) in [7, 11) is 0. The first-order valence-electron chi connectivity index (χ1n) is 8.41. The zero-order valence-electron chi connectivity index (χ0n) is 13.4. The molecule has 0 aromatic heterocycles. The zero-order valence-corrected chi connectivity index (χ0v) is 13.4. The highest BCUT2D eigenvalue weighted by molar-refractivity contribution is 5.94. The van der Waals surface area contributed by atoms with Gasteiger partial charge in [-0.25, -0.2) is 9.59 Å². The van der Waals surface area contributed by atoms with Crippen LogP contribution >= 0.6 is 0 Å². The summed E-state index contributed by atoms with van der Waals surface area (Å²) < 4.78 is 10.6. The number of cyclic esters (lactones) is 2. The Bertz CT molecular complexity index is 555. The Kier molecular flexibility index (Phi) is 4.37. The van der Waals surface area contributed by atoms with Crippen molar-refractivity contribution in [3.63, 3.8) is 0 Å². The fourth-order valence-electron chi connectivity index (χ4n) is 3.96. The van der Waals surface area contributed by atoms with Gasteiger partial charge < -0.3 is 9.47 Å². The van der Waals surface area contributed by atoms with Crippen molar-refractivity contribution in [3.8, 4) is 0 Å². The first-order chi connectivity index (χ1) is 10.6. The number of carbonyl (C=O) groups is 2. The van der Waals surface area contributed by atoms with E-state index in [4.69, 9.17) is 9.47 Å². The molecule has 0 aromatic carbocycles. The van der Waals surface area contributed by atoms with Crippen LogP contribution in [0.15, 0.2) is 22.3 Å². The largest absolute Gasteiger partial charge is 0.458 e. The van der Waals surface area contributed by atoms with Gasteiger partial charge in [-0.15, -0.1) is 0 Å². The third-order valence-electron chi connectivity index (χ3n) is 5.17. The van der Waals surface area contributed by atoms with Gasteiger partial charge in [0.15, 0.2) is 0 Å². The summed E-state index contributed by atoms with van der Waals surface area (Å²) in [5.74, 6) is 0.209. The van der Waals surface area contributed by atoms with Crippen molar-refractivity contribution in [3.05, 3.63) is 22.3 Å². The van der Waals surface area contributed by atoms with E-state index in [-0.39, 0.29) is 17.9 Å². The van der Waals surface area contributed by atoms with E-state index in [1.807, 2.05) is 0 Å². The molecule has 0 bridgehead atoms. The van der Waals surface area contributed by atoms with Gasteiger partial charge in [0.1, 0.15) is 13.2 Å². The minimum atomic E-state index is -0.179. The van der Waals surface area contributed by atoms with Gasteiger partial charge in [0.05, 0.1) is 0 Å². The van der Waals surface area contributed by atoms with E-state index in [2.05, 4.69) is 13.8 Å². The molecule has 0 saturated carbocycles. The molecule has 0 saturated heterocycles. The van der Waals surface area contributed by atoms with Gasteiger partial charge in [0.2, 0.25) is 0 Å². The Morgan fingerprint density at radius 1 is 0.955 bits per heavy atom. The molecule has 2 heterocycles. The van der Waals surface area contributed by atoms with E-state index in [0.717, 1.165) is 48.8 Å². The molecule has 0 spiro atoms. The van der Waals surface area contributed by atoms with Gasteiger partial charge in [-0.3, -0.25) is 0 Å². The average molecular weight is 304 g/mol. The lowest BCUT2D eigenvalue weighted by molar-refractivity contribution is -0.137. The normalized spacial score (nSPS) is 28.6. The van der Waals surface area contributed by atoms with Crippen LogP contribution in [-0.4, -0.2) is 25.2 Å². The molecule has 4 nitrogen and oxygen atoms in total. The Balaban J connectivity index is 2.01.